The van der Waals surface area contributed by atoms with Crippen LogP contribution < -0.4 is 20.4 Å². The Bertz CT molecular complexity index is 1440. The number of alkyl halides is 3. The van der Waals surface area contributed by atoms with Crippen molar-refractivity contribution in [3.05, 3.63) is 59.6 Å². The Labute approximate surface area is 233 Å². The molecule has 11 nitrogen and oxygen atoms in total. The number of nitriles is 1. The zero-order chi connectivity index (χ0) is 29.0. The summed E-state index contributed by atoms with van der Waals surface area (Å²) in [5.74, 6) is -1.38. The van der Waals surface area contributed by atoms with E-state index in [1.807, 2.05) is 11.0 Å². The van der Waals surface area contributed by atoms with Gasteiger partial charge in [-0.3, -0.25) is 4.79 Å². The van der Waals surface area contributed by atoms with Gasteiger partial charge in [0.15, 0.2) is 5.69 Å². The van der Waals surface area contributed by atoms with Gasteiger partial charge in [0.1, 0.15) is 11.9 Å². The number of benzene rings is 1. The molecule has 5 rings (SSSR count). The van der Waals surface area contributed by atoms with E-state index in [-0.39, 0.29) is 17.7 Å². The zero-order valence-electron chi connectivity index (χ0n) is 21.9. The standard InChI is InChI=1S/C27H27F3N8O3/c28-27(29,30)23-22(41-26(35-23)38-10-4-1-5-11-38)24(39)33-19-8-9-21(32-17-19)36-12-14-37(15-13-36)25(40)34-20-7-3-2-6-18(20)16-31/h2-3,6-9,17H,1,4-5,10-15H2,(H,33,39)(H,34,40). The Morgan fingerprint density at radius 1 is 0.927 bits per heavy atom. The molecule has 2 aliphatic rings. The van der Waals surface area contributed by atoms with Crippen molar-refractivity contribution in [1.82, 2.24) is 14.9 Å². The van der Waals surface area contributed by atoms with Crippen molar-refractivity contribution < 1.29 is 27.2 Å². The van der Waals surface area contributed by atoms with Crippen molar-refractivity contribution in [2.75, 3.05) is 59.7 Å². The molecule has 4 heterocycles. The molecule has 2 aliphatic heterocycles. The minimum absolute atomic E-state index is 0.192. The Balaban J connectivity index is 1.19. The van der Waals surface area contributed by atoms with Gasteiger partial charge >= 0.3 is 12.2 Å². The van der Waals surface area contributed by atoms with Crippen LogP contribution in [0.1, 0.15) is 41.1 Å². The lowest BCUT2D eigenvalue weighted by Crippen LogP contribution is -2.50. The number of amides is 3. The van der Waals surface area contributed by atoms with Crippen LogP contribution in [-0.2, 0) is 6.18 Å². The van der Waals surface area contributed by atoms with Crippen molar-refractivity contribution in [3.63, 3.8) is 0 Å². The lowest BCUT2D eigenvalue weighted by molar-refractivity contribution is -0.141. The average molecular weight is 569 g/mol. The maximum Gasteiger partial charge on any atom is 0.437 e. The van der Waals surface area contributed by atoms with Crippen LogP contribution in [0.3, 0.4) is 0 Å². The minimum Gasteiger partial charge on any atom is -0.417 e. The zero-order valence-corrected chi connectivity index (χ0v) is 21.9. The van der Waals surface area contributed by atoms with E-state index in [1.165, 1.54) is 12.3 Å². The number of anilines is 4. The molecule has 2 aromatic heterocycles. The molecule has 0 saturated carbocycles. The predicted molar refractivity (Wildman–Crippen MR) is 144 cm³/mol. The molecule has 3 aromatic rings. The van der Waals surface area contributed by atoms with E-state index in [0.717, 1.165) is 19.3 Å². The number of urea groups is 1. The molecular formula is C27H27F3N8O3. The predicted octanol–water partition coefficient (Wildman–Crippen LogP) is 4.56. The first-order valence-corrected chi connectivity index (χ1v) is 13.1. The van der Waals surface area contributed by atoms with Gasteiger partial charge in [-0.25, -0.2) is 9.78 Å². The summed E-state index contributed by atoms with van der Waals surface area (Å²) in [6.45, 7) is 2.81. The highest BCUT2D eigenvalue weighted by molar-refractivity contribution is 6.03. The van der Waals surface area contributed by atoms with Crippen LogP contribution in [-0.4, -0.2) is 66.1 Å². The van der Waals surface area contributed by atoms with Gasteiger partial charge in [-0.2, -0.15) is 23.4 Å². The molecular weight excluding hydrogens is 541 g/mol. The molecule has 2 saturated heterocycles. The molecule has 214 valence electrons. The van der Waals surface area contributed by atoms with E-state index in [1.54, 1.807) is 40.1 Å². The second kappa shape index (κ2) is 11.7. The number of para-hydroxylation sites is 1. The number of hydrogen-bond donors (Lipinski definition) is 2. The molecule has 14 heteroatoms. The third-order valence-electron chi connectivity index (χ3n) is 6.90. The van der Waals surface area contributed by atoms with E-state index < -0.39 is 23.5 Å². The Kier molecular flexibility index (Phi) is 7.95. The number of nitrogens with zero attached hydrogens (tertiary/aromatic N) is 6. The maximum atomic E-state index is 13.6. The van der Waals surface area contributed by atoms with Crippen molar-refractivity contribution in [1.29, 1.82) is 5.26 Å². The normalized spacial score (nSPS) is 15.8. The number of piperazine rings is 1. The topological polar surface area (TPSA) is 131 Å². The monoisotopic (exact) mass is 568 g/mol. The Morgan fingerprint density at radius 2 is 1.66 bits per heavy atom. The van der Waals surface area contributed by atoms with Crippen LogP contribution >= 0.6 is 0 Å². The fraction of sp³-hybridized carbons (Fsp3) is 0.370. The summed E-state index contributed by atoms with van der Waals surface area (Å²) in [5.41, 5.74) is -0.358. The van der Waals surface area contributed by atoms with Crippen LogP contribution in [0, 0.1) is 11.3 Å². The highest BCUT2D eigenvalue weighted by Gasteiger charge is 2.42. The summed E-state index contributed by atoms with van der Waals surface area (Å²) < 4.78 is 46.2. The third kappa shape index (κ3) is 6.34. The van der Waals surface area contributed by atoms with E-state index in [0.29, 0.717) is 56.3 Å². The molecule has 3 amide bonds. The summed E-state index contributed by atoms with van der Waals surface area (Å²) in [6.07, 6.45) is -0.918. The Hall–Kier alpha value is -4.80. The molecule has 2 N–H and O–H groups in total. The SMILES string of the molecule is N#Cc1ccccc1NC(=O)N1CCN(c2ccc(NC(=O)c3oc(N4CCCCC4)nc3C(F)(F)F)cn2)CC1. The molecule has 0 bridgehead atoms. The van der Waals surface area contributed by atoms with E-state index in [9.17, 15) is 28.0 Å². The average Bonchev–Trinajstić information content (AvgIpc) is 3.45. The highest BCUT2D eigenvalue weighted by atomic mass is 19.4. The highest BCUT2D eigenvalue weighted by Crippen LogP contribution is 2.35. The molecule has 0 atom stereocenters. The smallest absolute Gasteiger partial charge is 0.417 e. The number of nitrogens with one attached hydrogen (secondary N) is 2. The number of pyridine rings is 1. The first-order chi connectivity index (χ1) is 19.7. The number of hydrogen-bond acceptors (Lipinski definition) is 8. The molecule has 0 unspecified atom stereocenters. The number of aromatic nitrogens is 2. The van der Waals surface area contributed by atoms with Crippen molar-refractivity contribution in [3.8, 4) is 6.07 Å². The summed E-state index contributed by atoms with van der Waals surface area (Å²) in [4.78, 5) is 38.6. The number of carbonyl (C=O) groups excluding carboxylic acids is 2. The first-order valence-electron chi connectivity index (χ1n) is 13.1. The van der Waals surface area contributed by atoms with Crippen LogP contribution in [0.25, 0.3) is 0 Å². The van der Waals surface area contributed by atoms with Gasteiger partial charge in [0.2, 0.25) is 5.76 Å². The number of rotatable bonds is 5. The van der Waals surface area contributed by atoms with Gasteiger partial charge in [0.25, 0.3) is 11.9 Å². The molecule has 0 spiro atoms. The van der Waals surface area contributed by atoms with Gasteiger partial charge in [0.05, 0.1) is 23.1 Å². The molecule has 0 aliphatic carbocycles. The van der Waals surface area contributed by atoms with Crippen LogP contribution in [0.4, 0.5) is 41.2 Å². The largest absolute Gasteiger partial charge is 0.437 e. The fourth-order valence-electron chi connectivity index (χ4n) is 4.73. The summed E-state index contributed by atoms with van der Waals surface area (Å²) in [7, 11) is 0. The van der Waals surface area contributed by atoms with Gasteiger partial charge in [-0.15, -0.1) is 0 Å². The van der Waals surface area contributed by atoms with Crippen molar-refractivity contribution in [2.45, 2.75) is 25.4 Å². The van der Waals surface area contributed by atoms with Crippen LogP contribution in [0.2, 0.25) is 0 Å². The van der Waals surface area contributed by atoms with E-state index in [4.69, 9.17) is 4.42 Å². The van der Waals surface area contributed by atoms with E-state index >= 15 is 0 Å². The number of halogens is 3. The van der Waals surface area contributed by atoms with Gasteiger partial charge < -0.3 is 29.8 Å². The van der Waals surface area contributed by atoms with Crippen molar-refractivity contribution >= 4 is 35.1 Å². The second-order valence-electron chi connectivity index (χ2n) is 9.64. The van der Waals surface area contributed by atoms with Crippen LogP contribution in [0.5, 0.6) is 0 Å². The lowest BCUT2D eigenvalue weighted by atomic mass is 10.1. The Morgan fingerprint density at radius 3 is 2.32 bits per heavy atom. The third-order valence-corrected chi connectivity index (χ3v) is 6.90. The van der Waals surface area contributed by atoms with Gasteiger partial charge in [0, 0.05) is 39.3 Å². The fourth-order valence-corrected chi connectivity index (χ4v) is 4.73. The van der Waals surface area contributed by atoms with Crippen LogP contribution in [0.15, 0.2) is 47.0 Å². The molecule has 0 radical (unpaired) electrons. The summed E-state index contributed by atoms with van der Waals surface area (Å²) in [6, 6.07) is 11.4. The van der Waals surface area contributed by atoms with Gasteiger partial charge in [-0.05, 0) is 43.5 Å². The number of oxazole rings is 1. The second-order valence-corrected chi connectivity index (χ2v) is 9.64. The summed E-state index contributed by atoms with van der Waals surface area (Å²) >= 11 is 0. The molecule has 1 aromatic carbocycles. The number of carbonyl (C=O) groups is 2. The molecule has 2 fully saturated rings. The quantitative estimate of drug-likeness (QED) is 0.458. The first kappa shape index (κ1) is 27.8. The summed E-state index contributed by atoms with van der Waals surface area (Å²) in [5, 5.41) is 14.4. The lowest BCUT2D eigenvalue weighted by Gasteiger charge is -2.35. The van der Waals surface area contributed by atoms with Gasteiger partial charge in [-0.1, -0.05) is 12.1 Å². The van der Waals surface area contributed by atoms with E-state index in [2.05, 4.69) is 20.6 Å². The minimum atomic E-state index is -4.86. The van der Waals surface area contributed by atoms with Crippen molar-refractivity contribution in [2.24, 2.45) is 0 Å². The number of piperidine rings is 1. The molecule has 41 heavy (non-hydrogen) atoms. The maximum absolute atomic E-state index is 13.6.